The molecule has 1 unspecified atom stereocenters. The molecule has 0 bridgehead atoms. The van der Waals surface area contributed by atoms with Crippen LogP contribution in [0.4, 0.5) is 0 Å². The van der Waals surface area contributed by atoms with E-state index in [1.54, 1.807) is 6.07 Å². The Kier molecular flexibility index (Phi) is 2.47. The first-order chi connectivity index (χ1) is 7.00. The Bertz CT molecular complexity index is 365. The second-order valence-corrected chi connectivity index (χ2v) is 5.12. The van der Waals surface area contributed by atoms with Crippen molar-refractivity contribution in [2.75, 3.05) is 0 Å². The second kappa shape index (κ2) is 3.53. The van der Waals surface area contributed by atoms with Gasteiger partial charge in [-0.2, -0.15) is 0 Å². The standard InChI is InChI=1S/C13H19NO/c1-13(2,14)10-7-3-5-9-6-4-8-11(15)12(9)10/h4,6,8,10,15H,3,5,7,14H2,1-2H3. The van der Waals surface area contributed by atoms with Crippen LogP contribution in [0.3, 0.4) is 0 Å². The van der Waals surface area contributed by atoms with Gasteiger partial charge in [0.05, 0.1) is 0 Å². The van der Waals surface area contributed by atoms with E-state index in [9.17, 15) is 5.11 Å². The number of hydrogen-bond acceptors (Lipinski definition) is 2. The minimum atomic E-state index is -0.256. The minimum absolute atomic E-state index is 0.256. The first-order valence-electron chi connectivity index (χ1n) is 5.60. The van der Waals surface area contributed by atoms with Crippen molar-refractivity contribution < 1.29 is 5.11 Å². The van der Waals surface area contributed by atoms with E-state index >= 15 is 0 Å². The summed E-state index contributed by atoms with van der Waals surface area (Å²) in [5.41, 5.74) is 8.28. The maximum Gasteiger partial charge on any atom is 0.119 e. The number of benzene rings is 1. The number of nitrogens with two attached hydrogens (primary N) is 1. The van der Waals surface area contributed by atoms with Gasteiger partial charge >= 0.3 is 0 Å². The van der Waals surface area contributed by atoms with Crippen LogP contribution in [0.5, 0.6) is 5.75 Å². The molecule has 1 aromatic rings. The first kappa shape index (κ1) is 10.5. The van der Waals surface area contributed by atoms with Gasteiger partial charge in [0.15, 0.2) is 0 Å². The third-order valence-corrected chi connectivity index (χ3v) is 3.36. The van der Waals surface area contributed by atoms with Gasteiger partial charge in [0.1, 0.15) is 5.75 Å². The Balaban J connectivity index is 2.50. The molecule has 0 amide bonds. The van der Waals surface area contributed by atoms with Gasteiger partial charge in [-0.3, -0.25) is 0 Å². The zero-order valence-electron chi connectivity index (χ0n) is 9.46. The van der Waals surface area contributed by atoms with Crippen molar-refractivity contribution >= 4 is 0 Å². The fourth-order valence-corrected chi connectivity index (χ4v) is 2.60. The molecular weight excluding hydrogens is 186 g/mol. The smallest absolute Gasteiger partial charge is 0.119 e. The number of phenols is 1. The molecule has 0 spiro atoms. The summed E-state index contributed by atoms with van der Waals surface area (Å²) in [6, 6.07) is 5.79. The second-order valence-electron chi connectivity index (χ2n) is 5.12. The molecule has 2 rings (SSSR count). The molecule has 0 heterocycles. The van der Waals surface area contributed by atoms with Crippen LogP contribution in [-0.2, 0) is 6.42 Å². The quantitative estimate of drug-likeness (QED) is 0.740. The van der Waals surface area contributed by atoms with Crippen molar-refractivity contribution in [1.82, 2.24) is 0 Å². The highest BCUT2D eigenvalue weighted by Crippen LogP contribution is 2.42. The maximum atomic E-state index is 9.93. The summed E-state index contributed by atoms with van der Waals surface area (Å²) in [5.74, 6) is 0.693. The molecule has 0 aromatic heterocycles. The van der Waals surface area contributed by atoms with E-state index < -0.39 is 0 Å². The molecule has 3 N–H and O–H groups in total. The van der Waals surface area contributed by atoms with Crippen LogP contribution < -0.4 is 5.73 Å². The van der Waals surface area contributed by atoms with Gasteiger partial charge in [-0.15, -0.1) is 0 Å². The molecule has 1 aromatic carbocycles. The molecule has 0 radical (unpaired) electrons. The summed E-state index contributed by atoms with van der Waals surface area (Å²) in [6.45, 7) is 4.08. The topological polar surface area (TPSA) is 46.2 Å². The van der Waals surface area contributed by atoms with E-state index in [1.165, 1.54) is 12.0 Å². The lowest BCUT2D eigenvalue weighted by molar-refractivity contribution is 0.352. The number of hydrogen-bond donors (Lipinski definition) is 2. The van der Waals surface area contributed by atoms with Crippen molar-refractivity contribution in [3.63, 3.8) is 0 Å². The number of aryl methyl sites for hydroxylation is 1. The summed E-state index contributed by atoms with van der Waals surface area (Å²) in [5, 5.41) is 9.93. The van der Waals surface area contributed by atoms with E-state index in [-0.39, 0.29) is 11.5 Å². The average Bonchev–Trinajstić information content (AvgIpc) is 2.16. The molecule has 1 aliphatic carbocycles. The summed E-state index contributed by atoms with van der Waals surface area (Å²) in [4.78, 5) is 0. The molecule has 2 heteroatoms. The van der Waals surface area contributed by atoms with Gasteiger partial charge in [-0.05, 0) is 44.7 Å². The highest BCUT2D eigenvalue weighted by Gasteiger charge is 2.32. The molecule has 15 heavy (non-hydrogen) atoms. The molecule has 0 saturated carbocycles. The molecule has 1 atom stereocenters. The molecule has 1 aliphatic rings. The third-order valence-electron chi connectivity index (χ3n) is 3.36. The third kappa shape index (κ3) is 1.86. The maximum absolute atomic E-state index is 9.93. The van der Waals surface area contributed by atoms with Gasteiger partial charge < -0.3 is 10.8 Å². The Morgan fingerprint density at radius 1 is 1.40 bits per heavy atom. The van der Waals surface area contributed by atoms with Crippen molar-refractivity contribution in [1.29, 1.82) is 0 Å². The van der Waals surface area contributed by atoms with Crippen LogP contribution in [-0.4, -0.2) is 10.6 Å². The van der Waals surface area contributed by atoms with Crippen molar-refractivity contribution in [3.05, 3.63) is 29.3 Å². The Labute approximate surface area is 91.1 Å². The van der Waals surface area contributed by atoms with E-state index in [4.69, 9.17) is 5.73 Å². The Morgan fingerprint density at radius 3 is 2.80 bits per heavy atom. The number of aromatic hydroxyl groups is 1. The summed E-state index contributed by atoms with van der Waals surface area (Å²) in [7, 11) is 0. The van der Waals surface area contributed by atoms with Gasteiger partial charge in [0.25, 0.3) is 0 Å². The summed E-state index contributed by atoms with van der Waals surface area (Å²) in [6.07, 6.45) is 3.31. The predicted molar refractivity (Wildman–Crippen MR) is 62.1 cm³/mol. The number of rotatable bonds is 1. The lowest BCUT2D eigenvalue weighted by Crippen LogP contribution is -2.40. The van der Waals surface area contributed by atoms with Crippen molar-refractivity contribution in [2.24, 2.45) is 5.73 Å². The highest BCUT2D eigenvalue weighted by molar-refractivity contribution is 5.44. The van der Waals surface area contributed by atoms with Crippen LogP contribution in [0, 0.1) is 0 Å². The normalized spacial score (nSPS) is 21.1. The number of phenolic OH excluding ortho intramolecular Hbond substituents is 1. The van der Waals surface area contributed by atoms with Gasteiger partial charge in [0.2, 0.25) is 0 Å². The van der Waals surface area contributed by atoms with Crippen LogP contribution in [0.1, 0.15) is 43.7 Å². The fraction of sp³-hybridized carbons (Fsp3) is 0.538. The predicted octanol–water partition coefficient (Wildman–Crippen LogP) is 2.55. The summed E-state index contributed by atoms with van der Waals surface area (Å²) >= 11 is 0. The SMILES string of the molecule is CC(C)(N)C1CCCc2cccc(O)c21. The number of fused-ring (bicyclic) bond motifs is 1. The molecular formula is C13H19NO. The van der Waals surface area contributed by atoms with E-state index in [0.717, 1.165) is 18.4 Å². The largest absolute Gasteiger partial charge is 0.508 e. The summed E-state index contributed by atoms with van der Waals surface area (Å²) < 4.78 is 0. The molecule has 0 aliphatic heterocycles. The van der Waals surface area contributed by atoms with Crippen LogP contribution in [0.25, 0.3) is 0 Å². The van der Waals surface area contributed by atoms with Crippen molar-refractivity contribution in [3.8, 4) is 5.75 Å². The zero-order chi connectivity index (χ0) is 11.1. The van der Waals surface area contributed by atoms with Gasteiger partial charge in [-0.25, -0.2) is 0 Å². The van der Waals surface area contributed by atoms with E-state index in [2.05, 4.69) is 6.07 Å². The highest BCUT2D eigenvalue weighted by atomic mass is 16.3. The molecule has 0 fully saturated rings. The molecule has 0 saturated heterocycles. The van der Waals surface area contributed by atoms with E-state index in [1.807, 2.05) is 19.9 Å². The van der Waals surface area contributed by atoms with E-state index in [0.29, 0.717) is 5.75 Å². The zero-order valence-corrected chi connectivity index (χ0v) is 9.46. The Hall–Kier alpha value is -1.02. The monoisotopic (exact) mass is 205 g/mol. The average molecular weight is 205 g/mol. The van der Waals surface area contributed by atoms with Gasteiger partial charge in [0, 0.05) is 17.0 Å². The Morgan fingerprint density at radius 2 is 2.13 bits per heavy atom. The lowest BCUT2D eigenvalue weighted by atomic mass is 9.73. The fourth-order valence-electron chi connectivity index (χ4n) is 2.60. The molecule has 2 nitrogen and oxygen atoms in total. The van der Waals surface area contributed by atoms with Crippen LogP contribution in [0.2, 0.25) is 0 Å². The van der Waals surface area contributed by atoms with Gasteiger partial charge in [-0.1, -0.05) is 12.1 Å². The molecule has 82 valence electrons. The van der Waals surface area contributed by atoms with Crippen LogP contribution in [0.15, 0.2) is 18.2 Å². The lowest BCUT2D eigenvalue weighted by Gasteiger charge is -2.35. The first-order valence-corrected chi connectivity index (χ1v) is 5.60. The van der Waals surface area contributed by atoms with Crippen LogP contribution >= 0.6 is 0 Å². The minimum Gasteiger partial charge on any atom is -0.508 e. The van der Waals surface area contributed by atoms with Crippen molar-refractivity contribution in [2.45, 2.75) is 44.6 Å².